The predicted octanol–water partition coefficient (Wildman–Crippen LogP) is 3.26. The number of aryl methyl sites for hydroxylation is 1. The number of hydrogen-bond donors (Lipinski definition) is 1. The number of ether oxygens (including phenoxy) is 1. The van der Waals surface area contributed by atoms with E-state index in [2.05, 4.69) is 5.32 Å². The van der Waals surface area contributed by atoms with Gasteiger partial charge in [-0.25, -0.2) is 0 Å². The van der Waals surface area contributed by atoms with E-state index < -0.39 is 0 Å². The molecule has 0 saturated heterocycles. The first kappa shape index (κ1) is 12.2. The molecule has 0 bridgehead atoms. The molecule has 3 nitrogen and oxygen atoms in total. The lowest BCUT2D eigenvalue weighted by Crippen LogP contribution is -2.13. The highest BCUT2D eigenvalue weighted by Gasteiger charge is 2.13. The first-order valence-corrected chi connectivity index (χ1v) is 5.72. The standard InChI is InChI=1S/C15H15NO2/c1-11-7-6-10-13(14(11)18-2)15(17)16-12-8-4-3-5-9-12/h3-10H,1-2H3,(H,16,17). The summed E-state index contributed by atoms with van der Waals surface area (Å²) < 4.78 is 5.27. The zero-order chi connectivity index (χ0) is 13.0. The highest BCUT2D eigenvalue weighted by molar-refractivity contribution is 6.06. The second kappa shape index (κ2) is 5.36. The van der Waals surface area contributed by atoms with Crippen LogP contribution in [0.1, 0.15) is 15.9 Å². The van der Waals surface area contributed by atoms with Crippen molar-refractivity contribution in [1.82, 2.24) is 0 Å². The molecule has 0 fully saturated rings. The van der Waals surface area contributed by atoms with Gasteiger partial charge in [0.2, 0.25) is 0 Å². The minimum Gasteiger partial charge on any atom is -0.496 e. The lowest BCUT2D eigenvalue weighted by Gasteiger charge is -2.11. The van der Waals surface area contributed by atoms with Gasteiger partial charge in [-0.2, -0.15) is 0 Å². The van der Waals surface area contributed by atoms with Crippen molar-refractivity contribution in [3.8, 4) is 5.75 Å². The van der Waals surface area contributed by atoms with Gasteiger partial charge >= 0.3 is 0 Å². The molecule has 0 aromatic heterocycles. The lowest BCUT2D eigenvalue weighted by molar-refractivity contribution is 0.102. The van der Waals surface area contributed by atoms with E-state index in [-0.39, 0.29) is 5.91 Å². The lowest BCUT2D eigenvalue weighted by atomic mass is 10.1. The Labute approximate surface area is 106 Å². The van der Waals surface area contributed by atoms with E-state index in [0.717, 1.165) is 11.3 Å². The van der Waals surface area contributed by atoms with E-state index in [4.69, 9.17) is 4.74 Å². The molecule has 0 aliphatic carbocycles. The predicted molar refractivity (Wildman–Crippen MR) is 72.1 cm³/mol. The van der Waals surface area contributed by atoms with Crippen LogP contribution < -0.4 is 10.1 Å². The van der Waals surface area contributed by atoms with Crippen LogP contribution in [0.25, 0.3) is 0 Å². The number of anilines is 1. The van der Waals surface area contributed by atoms with Crippen LogP contribution in [0.2, 0.25) is 0 Å². The zero-order valence-electron chi connectivity index (χ0n) is 10.4. The van der Waals surface area contributed by atoms with Crippen molar-refractivity contribution in [2.75, 3.05) is 12.4 Å². The number of para-hydroxylation sites is 2. The molecule has 0 atom stereocenters. The van der Waals surface area contributed by atoms with E-state index in [1.54, 1.807) is 13.2 Å². The summed E-state index contributed by atoms with van der Waals surface area (Å²) in [6.07, 6.45) is 0. The van der Waals surface area contributed by atoms with Crippen LogP contribution in [0.15, 0.2) is 48.5 Å². The van der Waals surface area contributed by atoms with E-state index >= 15 is 0 Å². The van der Waals surface area contributed by atoms with Gasteiger partial charge in [-0.15, -0.1) is 0 Å². The summed E-state index contributed by atoms with van der Waals surface area (Å²) in [5, 5.41) is 2.84. The normalized spacial score (nSPS) is 9.89. The Hall–Kier alpha value is -2.29. The number of hydrogen-bond acceptors (Lipinski definition) is 2. The first-order chi connectivity index (χ1) is 8.72. The molecule has 0 unspecified atom stereocenters. The van der Waals surface area contributed by atoms with Crippen molar-refractivity contribution in [2.24, 2.45) is 0 Å². The molecule has 0 heterocycles. The van der Waals surface area contributed by atoms with Crippen molar-refractivity contribution < 1.29 is 9.53 Å². The van der Waals surface area contributed by atoms with Gasteiger partial charge < -0.3 is 10.1 Å². The summed E-state index contributed by atoms with van der Waals surface area (Å²) in [6, 6.07) is 14.9. The van der Waals surface area contributed by atoms with Crippen LogP contribution >= 0.6 is 0 Å². The molecule has 92 valence electrons. The van der Waals surface area contributed by atoms with Gasteiger partial charge in [-0.1, -0.05) is 30.3 Å². The number of nitrogens with one attached hydrogen (secondary N) is 1. The third-order valence-corrected chi connectivity index (χ3v) is 2.69. The fourth-order valence-corrected chi connectivity index (χ4v) is 1.82. The molecular weight excluding hydrogens is 226 g/mol. The highest BCUT2D eigenvalue weighted by Crippen LogP contribution is 2.23. The smallest absolute Gasteiger partial charge is 0.259 e. The maximum atomic E-state index is 12.2. The van der Waals surface area contributed by atoms with Crippen molar-refractivity contribution in [3.05, 3.63) is 59.7 Å². The van der Waals surface area contributed by atoms with Crippen molar-refractivity contribution in [1.29, 1.82) is 0 Å². The average molecular weight is 241 g/mol. The first-order valence-electron chi connectivity index (χ1n) is 5.72. The largest absolute Gasteiger partial charge is 0.496 e. The number of methoxy groups -OCH3 is 1. The minimum absolute atomic E-state index is 0.165. The number of rotatable bonds is 3. The number of carbonyl (C=O) groups is 1. The van der Waals surface area contributed by atoms with Gasteiger partial charge in [0.1, 0.15) is 5.75 Å². The maximum Gasteiger partial charge on any atom is 0.259 e. The Bertz CT molecular complexity index is 550. The molecule has 18 heavy (non-hydrogen) atoms. The summed E-state index contributed by atoms with van der Waals surface area (Å²) in [5.74, 6) is 0.452. The molecule has 0 saturated carbocycles. The summed E-state index contributed by atoms with van der Waals surface area (Å²) in [7, 11) is 1.57. The average Bonchev–Trinajstić information content (AvgIpc) is 2.39. The Morgan fingerprint density at radius 2 is 1.78 bits per heavy atom. The third-order valence-electron chi connectivity index (χ3n) is 2.69. The van der Waals surface area contributed by atoms with Gasteiger partial charge in [0.15, 0.2) is 0 Å². The fourth-order valence-electron chi connectivity index (χ4n) is 1.82. The SMILES string of the molecule is COc1c(C)cccc1C(=O)Nc1ccccc1. The maximum absolute atomic E-state index is 12.2. The number of amides is 1. The fraction of sp³-hybridized carbons (Fsp3) is 0.133. The van der Waals surface area contributed by atoms with Crippen LogP contribution in [0.3, 0.4) is 0 Å². The van der Waals surface area contributed by atoms with Gasteiger partial charge in [-0.05, 0) is 30.7 Å². The van der Waals surface area contributed by atoms with Crippen LogP contribution in [0, 0.1) is 6.92 Å². The Morgan fingerprint density at radius 1 is 1.06 bits per heavy atom. The molecular formula is C15H15NO2. The molecule has 0 spiro atoms. The van der Waals surface area contributed by atoms with Crippen molar-refractivity contribution in [2.45, 2.75) is 6.92 Å². The van der Waals surface area contributed by atoms with E-state index in [1.165, 1.54) is 0 Å². The van der Waals surface area contributed by atoms with E-state index in [0.29, 0.717) is 11.3 Å². The molecule has 2 rings (SSSR count). The van der Waals surface area contributed by atoms with Gasteiger partial charge in [0.25, 0.3) is 5.91 Å². The molecule has 0 radical (unpaired) electrons. The topological polar surface area (TPSA) is 38.3 Å². The molecule has 1 N–H and O–H groups in total. The van der Waals surface area contributed by atoms with Crippen LogP contribution in [0.4, 0.5) is 5.69 Å². The second-order valence-electron chi connectivity index (χ2n) is 3.98. The van der Waals surface area contributed by atoms with Gasteiger partial charge in [0.05, 0.1) is 12.7 Å². The van der Waals surface area contributed by atoms with Crippen molar-refractivity contribution in [3.63, 3.8) is 0 Å². The van der Waals surface area contributed by atoms with Crippen molar-refractivity contribution >= 4 is 11.6 Å². The van der Waals surface area contributed by atoms with Gasteiger partial charge in [0, 0.05) is 5.69 Å². The molecule has 0 aliphatic rings. The molecule has 0 aliphatic heterocycles. The van der Waals surface area contributed by atoms with Crippen LogP contribution in [-0.4, -0.2) is 13.0 Å². The van der Waals surface area contributed by atoms with E-state index in [9.17, 15) is 4.79 Å². The van der Waals surface area contributed by atoms with Crippen LogP contribution in [0.5, 0.6) is 5.75 Å². The Morgan fingerprint density at radius 3 is 2.44 bits per heavy atom. The Kier molecular flexibility index (Phi) is 3.63. The monoisotopic (exact) mass is 241 g/mol. The molecule has 1 amide bonds. The van der Waals surface area contributed by atoms with Gasteiger partial charge in [-0.3, -0.25) is 4.79 Å². The molecule has 2 aromatic carbocycles. The third kappa shape index (κ3) is 2.51. The zero-order valence-corrected chi connectivity index (χ0v) is 10.4. The Balaban J connectivity index is 2.27. The quantitative estimate of drug-likeness (QED) is 0.895. The van der Waals surface area contributed by atoms with E-state index in [1.807, 2.05) is 49.4 Å². The highest BCUT2D eigenvalue weighted by atomic mass is 16.5. The van der Waals surface area contributed by atoms with Crippen LogP contribution in [-0.2, 0) is 0 Å². The second-order valence-corrected chi connectivity index (χ2v) is 3.98. The summed E-state index contributed by atoms with van der Waals surface area (Å²) >= 11 is 0. The molecule has 2 aromatic rings. The summed E-state index contributed by atoms with van der Waals surface area (Å²) in [4.78, 5) is 12.2. The minimum atomic E-state index is -0.165. The summed E-state index contributed by atoms with van der Waals surface area (Å²) in [5.41, 5.74) is 2.26. The summed E-state index contributed by atoms with van der Waals surface area (Å²) in [6.45, 7) is 1.91. The molecule has 3 heteroatoms. The number of carbonyl (C=O) groups excluding carboxylic acids is 1. The number of benzene rings is 2.